The number of halogens is 1. The van der Waals surface area contributed by atoms with E-state index in [9.17, 15) is 9.18 Å². The van der Waals surface area contributed by atoms with Gasteiger partial charge in [-0.15, -0.1) is 0 Å². The molecule has 2 saturated carbocycles. The molecule has 0 aromatic heterocycles. The summed E-state index contributed by atoms with van der Waals surface area (Å²) in [6.45, 7) is 1.98. The molecule has 0 aromatic carbocycles. The molecule has 0 unspecified atom stereocenters. The van der Waals surface area contributed by atoms with E-state index in [1.165, 1.54) is 0 Å². The van der Waals surface area contributed by atoms with Crippen molar-refractivity contribution in [3.63, 3.8) is 0 Å². The topological polar surface area (TPSA) is 17.1 Å². The first-order valence-electron chi connectivity index (χ1n) is 3.89. The third kappa shape index (κ3) is 0.505. The van der Waals surface area contributed by atoms with Crippen molar-refractivity contribution < 1.29 is 9.18 Å². The molecule has 0 N–H and O–H groups in total. The second-order valence-electron chi connectivity index (χ2n) is 3.48. The monoisotopic (exact) mass is 142 g/mol. The Balaban J connectivity index is 2.23. The molecule has 2 rings (SSSR count). The van der Waals surface area contributed by atoms with Gasteiger partial charge in [-0.2, -0.15) is 0 Å². The summed E-state index contributed by atoms with van der Waals surface area (Å²) >= 11 is 0. The summed E-state index contributed by atoms with van der Waals surface area (Å²) in [4.78, 5) is 11.1. The molecule has 0 aromatic rings. The number of hydrogen-bond donors (Lipinski definition) is 0. The van der Waals surface area contributed by atoms with Crippen LogP contribution >= 0.6 is 0 Å². The zero-order valence-corrected chi connectivity index (χ0v) is 6.06. The third-order valence-electron chi connectivity index (χ3n) is 3.13. The summed E-state index contributed by atoms with van der Waals surface area (Å²) < 4.78 is 12.7. The molecule has 0 bridgehead atoms. The van der Waals surface area contributed by atoms with Crippen LogP contribution in [0, 0.1) is 11.3 Å². The Morgan fingerprint density at radius 3 is 2.80 bits per heavy atom. The van der Waals surface area contributed by atoms with E-state index >= 15 is 0 Å². The SMILES string of the molecule is CC[C@@]12C[C@@H]1C[C@@H](F)C2=O. The van der Waals surface area contributed by atoms with Crippen molar-refractivity contribution >= 4 is 5.78 Å². The van der Waals surface area contributed by atoms with E-state index in [0.717, 1.165) is 12.8 Å². The van der Waals surface area contributed by atoms with E-state index < -0.39 is 6.17 Å². The summed E-state index contributed by atoms with van der Waals surface area (Å²) in [5.74, 6) is 0.292. The molecule has 56 valence electrons. The lowest BCUT2D eigenvalue weighted by atomic mass is 9.99. The fourth-order valence-electron chi connectivity index (χ4n) is 2.27. The van der Waals surface area contributed by atoms with Crippen LogP contribution in [-0.2, 0) is 4.79 Å². The van der Waals surface area contributed by atoms with Gasteiger partial charge in [-0.1, -0.05) is 6.92 Å². The number of fused-ring (bicyclic) bond motifs is 1. The zero-order chi connectivity index (χ0) is 7.35. The highest BCUT2D eigenvalue weighted by atomic mass is 19.1. The summed E-state index contributed by atoms with van der Waals surface area (Å²) in [5.41, 5.74) is -0.181. The highest BCUT2D eigenvalue weighted by molar-refractivity contribution is 5.94. The molecule has 2 fully saturated rings. The van der Waals surface area contributed by atoms with Gasteiger partial charge in [0.2, 0.25) is 0 Å². The first-order valence-corrected chi connectivity index (χ1v) is 3.89. The fraction of sp³-hybridized carbons (Fsp3) is 0.875. The Kier molecular flexibility index (Phi) is 1.01. The summed E-state index contributed by atoms with van der Waals surface area (Å²) in [7, 11) is 0. The molecule has 2 aliphatic rings. The number of Topliss-reactive ketones (excluding diaryl/α,β-unsaturated/α-hetero) is 1. The van der Waals surface area contributed by atoms with Crippen LogP contribution in [-0.4, -0.2) is 12.0 Å². The van der Waals surface area contributed by atoms with E-state index in [-0.39, 0.29) is 11.2 Å². The van der Waals surface area contributed by atoms with E-state index in [1.807, 2.05) is 6.92 Å². The molecule has 0 spiro atoms. The average molecular weight is 142 g/mol. The summed E-state index contributed by atoms with van der Waals surface area (Å²) in [6, 6.07) is 0. The third-order valence-corrected chi connectivity index (χ3v) is 3.13. The van der Waals surface area contributed by atoms with Gasteiger partial charge in [-0.3, -0.25) is 4.79 Å². The van der Waals surface area contributed by atoms with Gasteiger partial charge in [0, 0.05) is 5.41 Å². The van der Waals surface area contributed by atoms with Crippen LogP contribution < -0.4 is 0 Å². The lowest BCUT2D eigenvalue weighted by Crippen LogP contribution is -2.19. The molecule has 2 aliphatic carbocycles. The van der Waals surface area contributed by atoms with Crippen LogP contribution in [0.15, 0.2) is 0 Å². The van der Waals surface area contributed by atoms with Crippen molar-refractivity contribution in [3.8, 4) is 0 Å². The predicted octanol–water partition coefficient (Wildman–Crippen LogP) is 1.71. The largest absolute Gasteiger partial charge is 0.296 e. The second kappa shape index (κ2) is 1.60. The van der Waals surface area contributed by atoms with Gasteiger partial charge in [0.25, 0.3) is 0 Å². The van der Waals surface area contributed by atoms with Crippen LogP contribution in [0.1, 0.15) is 26.2 Å². The molecule has 0 amide bonds. The number of rotatable bonds is 1. The van der Waals surface area contributed by atoms with Gasteiger partial charge in [0.15, 0.2) is 12.0 Å². The molecule has 2 heteroatoms. The Labute approximate surface area is 59.6 Å². The maximum atomic E-state index is 12.7. The maximum Gasteiger partial charge on any atom is 0.173 e. The highest BCUT2D eigenvalue weighted by Gasteiger charge is 2.65. The molecule has 1 nitrogen and oxygen atoms in total. The van der Waals surface area contributed by atoms with Crippen molar-refractivity contribution in [1.82, 2.24) is 0 Å². The zero-order valence-electron chi connectivity index (χ0n) is 6.06. The first kappa shape index (κ1) is 6.32. The Bertz CT molecular complexity index is 186. The maximum absolute atomic E-state index is 12.7. The van der Waals surface area contributed by atoms with Crippen LogP contribution in [0.4, 0.5) is 4.39 Å². The minimum Gasteiger partial charge on any atom is -0.296 e. The number of alkyl halides is 1. The molecule has 0 aliphatic heterocycles. The first-order chi connectivity index (χ1) is 4.70. The Morgan fingerprint density at radius 1 is 1.80 bits per heavy atom. The van der Waals surface area contributed by atoms with E-state index in [2.05, 4.69) is 0 Å². The van der Waals surface area contributed by atoms with Crippen molar-refractivity contribution in [2.45, 2.75) is 32.4 Å². The Hall–Kier alpha value is -0.400. The van der Waals surface area contributed by atoms with Crippen LogP contribution in [0.25, 0.3) is 0 Å². The van der Waals surface area contributed by atoms with Gasteiger partial charge < -0.3 is 0 Å². The Morgan fingerprint density at radius 2 is 2.50 bits per heavy atom. The van der Waals surface area contributed by atoms with Crippen molar-refractivity contribution in [1.29, 1.82) is 0 Å². The van der Waals surface area contributed by atoms with Crippen molar-refractivity contribution in [2.75, 3.05) is 0 Å². The van der Waals surface area contributed by atoms with Crippen LogP contribution in [0.5, 0.6) is 0 Å². The van der Waals surface area contributed by atoms with Gasteiger partial charge in [-0.05, 0) is 25.2 Å². The minimum absolute atomic E-state index is 0.111. The van der Waals surface area contributed by atoms with Gasteiger partial charge in [0.05, 0.1) is 0 Å². The van der Waals surface area contributed by atoms with Gasteiger partial charge in [0.1, 0.15) is 0 Å². The van der Waals surface area contributed by atoms with Gasteiger partial charge >= 0.3 is 0 Å². The molecular weight excluding hydrogens is 131 g/mol. The van der Waals surface area contributed by atoms with Crippen molar-refractivity contribution in [2.24, 2.45) is 11.3 Å². The summed E-state index contributed by atoms with van der Waals surface area (Å²) in [5, 5.41) is 0. The average Bonchev–Trinajstić information content (AvgIpc) is 2.57. The van der Waals surface area contributed by atoms with Crippen LogP contribution in [0.3, 0.4) is 0 Å². The van der Waals surface area contributed by atoms with E-state index in [0.29, 0.717) is 12.3 Å². The molecule has 3 atom stereocenters. The molecule has 0 saturated heterocycles. The van der Waals surface area contributed by atoms with Gasteiger partial charge in [-0.25, -0.2) is 4.39 Å². The molecule has 10 heavy (non-hydrogen) atoms. The lowest BCUT2D eigenvalue weighted by molar-refractivity contribution is -0.127. The van der Waals surface area contributed by atoms with Crippen molar-refractivity contribution in [3.05, 3.63) is 0 Å². The molecular formula is C8H11FO. The smallest absolute Gasteiger partial charge is 0.173 e. The van der Waals surface area contributed by atoms with E-state index in [4.69, 9.17) is 0 Å². The van der Waals surface area contributed by atoms with Crippen LogP contribution in [0.2, 0.25) is 0 Å². The normalized spacial score (nSPS) is 51.2. The number of carbonyl (C=O) groups excluding carboxylic acids is 1. The number of ketones is 1. The summed E-state index contributed by atoms with van der Waals surface area (Å²) in [6.07, 6.45) is 1.19. The fourth-order valence-corrected chi connectivity index (χ4v) is 2.27. The predicted molar refractivity (Wildman–Crippen MR) is 35.4 cm³/mol. The standard InChI is InChI=1S/C8H11FO/c1-2-8-4-5(8)3-6(9)7(8)10/h5-6H,2-4H2,1H3/t5-,6+,8+/m0/s1. The van der Waals surface area contributed by atoms with E-state index in [1.54, 1.807) is 0 Å². The minimum atomic E-state index is -1.13. The molecule has 0 radical (unpaired) electrons. The quantitative estimate of drug-likeness (QED) is 0.544. The highest BCUT2D eigenvalue weighted by Crippen LogP contribution is 2.63. The number of hydrogen-bond acceptors (Lipinski definition) is 1. The number of carbonyl (C=O) groups is 1. The second-order valence-corrected chi connectivity index (χ2v) is 3.48. The molecule has 0 heterocycles. The lowest BCUT2D eigenvalue weighted by Gasteiger charge is -2.06.